The number of hydrogen-bond donors (Lipinski definition) is 3. The number of ether oxygens (including phenoxy) is 1. The lowest BCUT2D eigenvalue weighted by Gasteiger charge is -2.15. The van der Waals surface area contributed by atoms with E-state index in [4.69, 9.17) is 27.9 Å². The second-order valence-electron chi connectivity index (χ2n) is 9.32. The SMILES string of the molecule is COc1nc(-c2cncc(-c3cccc(NC(=O)c4cn(C)c(=O)n(C)c4=O)c3Cl)c2Cl)ccc1CNCC(C)O. The van der Waals surface area contributed by atoms with Crippen molar-refractivity contribution in [2.75, 3.05) is 19.0 Å². The zero-order chi connectivity index (χ0) is 29.8. The fraction of sp³-hybridized carbons (Fsp3) is 0.250. The number of halogens is 2. The monoisotopic (exact) mass is 598 g/mol. The largest absolute Gasteiger partial charge is 0.481 e. The molecule has 1 amide bonds. The normalized spacial score (nSPS) is 11.8. The van der Waals surface area contributed by atoms with Crippen LogP contribution in [-0.4, -0.2) is 49.9 Å². The molecule has 0 radical (unpaired) electrons. The van der Waals surface area contributed by atoms with E-state index in [1.54, 1.807) is 43.6 Å². The van der Waals surface area contributed by atoms with Crippen LogP contribution in [0.1, 0.15) is 22.8 Å². The Morgan fingerprint density at radius 2 is 1.80 bits per heavy atom. The molecule has 13 heteroatoms. The van der Waals surface area contributed by atoms with Gasteiger partial charge in [-0.25, -0.2) is 9.78 Å². The minimum atomic E-state index is -0.731. The Hall–Kier alpha value is -4.03. The van der Waals surface area contributed by atoms with Gasteiger partial charge in [-0.15, -0.1) is 0 Å². The molecule has 1 aromatic carbocycles. The van der Waals surface area contributed by atoms with E-state index >= 15 is 0 Å². The lowest BCUT2D eigenvalue weighted by molar-refractivity contribution is 0.102. The number of aromatic nitrogens is 4. The zero-order valence-electron chi connectivity index (χ0n) is 22.7. The van der Waals surface area contributed by atoms with Crippen molar-refractivity contribution >= 4 is 34.8 Å². The van der Waals surface area contributed by atoms with E-state index in [-0.39, 0.29) is 16.3 Å². The number of benzene rings is 1. The lowest BCUT2D eigenvalue weighted by atomic mass is 10.0. The number of aliphatic hydroxyl groups is 1. The van der Waals surface area contributed by atoms with Crippen LogP contribution in [0.4, 0.5) is 5.69 Å². The maximum absolute atomic E-state index is 13.0. The van der Waals surface area contributed by atoms with Crippen LogP contribution in [0.15, 0.2) is 58.5 Å². The molecule has 41 heavy (non-hydrogen) atoms. The molecule has 4 rings (SSSR count). The molecular weight excluding hydrogens is 571 g/mol. The molecule has 4 aromatic rings. The highest BCUT2D eigenvalue weighted by atomic mass is 35.5. The summed E-state index contributed by atoms with van der Waals surface area (Å²) in [5.74, 6) is -0.327. The Balaban J connectivity index is 1.67. The number of amides is 1. The topological polar surface area (TPSA) is 140 Å². The van der Waals surface area contributed by atoms with E-state index in [2.05, 4.69) is 20.6 Å². The summed E-state index contributed by atoms with van der Waals surface area (Å²) in [7, 11) is 4.26. The molecular formula is C28H28Cl2N6O5. The molecule has 0 aliphatic heterocycles. The third-order valence-corrected chi connectivity index (χ3v) is 7.09. The van der Waals surface area contributed by atoms with Gasteiger partial charge in [-0.3, -0.25) is 19.1 Å². The number of rotatable bonds is 9. The molecule has 0 saturated carbocycles. The van der Waals surface area contributed by atoms with E-state index in [1.807, 2.05) is 6.07 Å². The summed E-state index contributed by atoms with van der Waals surface area (Å²) in [6, 6.07) is 8.63. The predicted octanol–water partition coefficient (Wildman–Crippen LogP) is 3.25. The Bertz CT molecular complexity index is 1730. The van der Waals surface area contributed by atoms with Gasteiger partial charge in [0.05, 0.1) is 34.6 Å². The van der Waals surface area contributed by atoms with Gasteiger partial charge in [-0.1, -0.05) is 41.4 Å². The Labute approximate surface area is 245 Å². The first-order valence-electron chi connectivity index (χ1n) is 12.5. The van der Waals surface area contributed by atoms with Crippen molar-refractivity contribution < 1.29 is 14.6 Å². The quantitative estimate of drug-likeness (QED) is 0.267. The van der Waals surface area contributed by atoms with Gasteiger partial charge >= 0.3 is 5.69 Å². The molecule has 0 bridgehead atoms. The van der Waals surface area contributed by atoms with Crippen LogP contribution >= 0.6 is 23.2 Å². The van der Waals surface area contributed by atoms with Gasteiger partial charge in [0.1, 0.15) is 5.56 Å². The second kappa shape index (κ2) is 12.6. The van der Waals surface area contributed by atoms with Gasteiger partial charge in [-0.2, -0.15) is 0 Å². The number of carbonyl (C=O) groups excluding carboxylic acids is 1. The first-order chi connectivity index (χ1) is 19.5. The molecule has 3 heterocycles. The number of hydrogen-bond acceptors (Lipinski definition) is 8. The van der Waals surface area contributed by atoms with Gasteiger partial charge in [0, 0.05) is 68.0 Å². The first kappa shape index (κ1) is 29.9. The van der Waals surface area contributed by atoms with Crippen molar-refractivity contribution in [3.05, 3.63) is 90.9 Å². The van der Waals surface area contributed by atoms with Gasteiger partial charge in [0.25, 0.3) is 11.5 Å². The molecule has 1 unspecified atom stereocenters. The third-order valence-electron chi connectivity index (χ3n) is 6.27. The molecule has 3 N–H and O–H groups in total. The lowest BCUT2D eigenvalue weighted by Crippen LogP contribution is -2.40. The number of nitrogens with zero attached hydrogens (tertiary/aromatic N) is 4. The summed E-state index contributed by atoms with van der Waals surface area (Å²) >= 11 is 13.6. The standard InChI is InChI=1S/C28H28Cl2N6O5/c1-15(37)10-31-11-16-8-9-21(34-26(16)41-4)19-13-32-12-18(23(19)29)17-6-5-7-22(24(17)30)33-25(38)20-14-35(2)28(40)36(3)27(20)39/h5-9,12-15,31,37H,10-11H2,1-4H3,(H,33,38). The molecule has 0 spiro atoms. The number of pyridine rings is 2. The van der Waals surface area contributed by atoms with E-state index < -0.39 is 23.3 Å². The summed E-state index contributed by atoms with van der Waals surface area (Å²) in [5.41, 5.74) is 1.57. The fourth-order valence-corrected chi connectivity index (χ4v) is 4.72. The number of aryl methyl sites for hydroxylation is 1. The molecule has 3 aromatic heterocycles. The highest BCUT2D eigenvalue weighted by molar-refractivity contribution is 6.39. The van der Waals surface area contributed by atoms with Crippen LogP contribution in [0, 0.1) is 0 Å². The number of carbonyl (C=O) groups is 1. The number of methoxy groups -OCH3 is 1. The van der Waals surface area contributed by atoms with Gasteiger partial charge in [0.15, 0.2) is 0 Å². The van der Waals surface area contributed by atoms with Crippen LogP contribution in [0.3, 0.4) is 0 Å². The van der Waals surface area contributed by atoms with Crippen molar-refractivity contribution in [1.29, 1.82) is 0 Å². The van der Waals surface area contributed by atoms with Crippen LogP contribution in [0.25, 0.3) is 22.4 Å². The summed E-state index contributed by atoms with van der Waals surface area (Å²) in [5, 5.41) is 15.8. The molecule has 0 aliphatic carbocycles. The fourth-order valence-electron chi connectivity index (χ4n) is 4.15. The molecule has 0 aliphatic rings. The molecule has 214 valence electrons. The van der Waals surface area contributed by atoms with Crippen molar-refractivity contribution in [1.82, 2.24) is 24.4 Å². The van der Waals surface area contributed by atoms with Crippen LogP contribution in [-0.2, 0) is 20.6 Å². The zero-order valence-corrected chi connectivity index (χ0v) is 24.2. The maximum Gasteiger partial charge on any atom is 0.330 e. The molecule has 11 nitrogen and oxygen atoms in total. The second-order valence-corrected chi connectivity index (χ2v) is 10.1. The van der Waals surface area contributed by atoms with Gasteiger partial charge in [-0.05, 0) is 19.1 Å². The minimum Gasteiger partial charge on any atom is -0.481 e. The van der Waals surface area contributed by atoms with E-state index in [0.717, 1.165) is 14.7 Å². The van der Waals surface area contributed by atoms with E-state index in [0.29, 0.717) is 46.4 Å². The van der Waals surface area contributed by atoms with Crippen molar-refractivity contribution in [3.63, 3.8) is 0 Å². The molecule has 0 saturated heterocycles. The van der Waals surface area contributed by atoms with Crippen molar-refractivity contribution in [2.24, 2.45) is 14.1 Å². The third kappa shape index (κ3) is 6.33. The van der Waals surface area contributed by atoms with Crippen molar-refractivity contribution in [2.45, 2.75) is 19.6 Å². The average molecular weight is 599 g/mol. The summed E-state index contributed by atoms with van der Waals surface area (Å²) in [6.07, 6.45) is 3.82. The minimum absolute atomic E-state index is 0.174. The average Bonchev–Trinajstić information content (AvgIpc) is 2.95. The maximum atomic E-state index is 13.0. The van der Waals surface area contributed by atoms with Crippen molar-refractivity contribution in [3.8, 4) is 28.3 Å². The molecule has 0 fully saturated rings. The van der Waals surface area contributed by atoms with E-state index in [9.17, 15) is 19.5 Å². The number of anilines is 1. The first-order valence-corrected chi connectivity index (χ1v) is 13.2. The predicted molar refractivity (Wildman–Crippen MR) is 158 cm³/mol. The summed E-state index contributed by atoms with van der Waals surface area (Å²) in [4.78, 5) is 46.4. The van der Waals surface area contributed by atoms with Gasteiger partial charge in [0.2, 0.25) is 5.88 Å². The molecule has 1 atom stereocenters. The van der Waals surface area contributed by atoms with E-state index in [1.165, 1.54) is 27.4 Å². The summed E-state index contributed by atoms with van der Waals surface area (Å²) < 4.78 is 7.48. The number of aliphatic hydroxyl groups excluding tert-OH is 1. The highest BCUT2D eigenvalue weighted by Gasteiger charge is 2.20. The summed E-state index contributed by atoms with van der Waals surface area (Å²) in [6.45, 7) is 2.57. The Morgan fingerprint density at radius 1 is 1.07 bits per heavy atom. The van der Waals surface area contributed by atoms with Gasteiger partial charge < -0.3 is 25.0 Å². The Morgan fingerprint density at radius 3 is 2.51 bits per heavy atom. The smallest absolute Gasteiger partial charge is 0.330 e. The van der Waals surface area contributed by atoms with Crippen LogP contribution < -0.4 is 26.6 Å². The highest BCUT2D eigenvalue weighted by Crippen LogP contribution is 2.40. The van der Waals surface area contributed by atoms with Crippen LogP contribution in [0.5, 0.6) is 5.88 Å². The van der Waals surface area contributed by atoms with Crippen LogP contribution in [0.2, 0.25) is 10.0 Å². The number of nitrogens with one attached hydrogen (secondary N) is 2. The Kier molecular flexibility index (Phi) is 9.24.